The molecule has 2 amide bonds. The molecule has 1 heterocycles. The number of carbonyl (C=O) groups excluding carboxylic acids is 2. The Morgan fingerprint density at radius 2 is 1.95 bits per heavy atom. The normalized spacial score (nSPS) is 15.9. The average Bonchev–Trinajstić information content (AvgIpc) is 2.40. The summed E-state index contributed by atoms with van der Waals surface area (Å²) in [4.78, 5) is 25.9. The summed E-state index contributed by atoms with van der Waals surface area (Å²) in [5.41, 5.74) is 0.209. The Balaban J connectivity index is 2.32. The summed E-state index contributed by atoms with van der Waals surface area (Å²) in [7, 11) is 0. The Morgan fingerprint density at radius 1 is 1.30 bits per heavy atom. The number of nitrogens with zero attached hydrogens (tertiary/aromatic N) is 1. The standard InChI is InChI=1S/C15H20N2O3/c1-5-17(6-2)13(18)10-7-8-12-11(9-10)16-14(19)15(3,4)20-12/h7-9H,5-6H2,1-4H3,(H,16,19). The Kier molecular flexibility index (Phi) is 3.70. The lowest BCUT2D eigenvalue weighted by Gasteiger charge is -2.31. The second kappa shape index (κ2) is 5.15. The highest BCUT2D eigenvalue weighted by Gasteiger charge is 2.35. The van der Waals surface area contributed by atoms with Crippen LogP contribution in [0.2, 0.25) is 0 Å². The number of ether oxygens (including phenoxy) is 1. The molecule has 0 saturated carbocycles. The van der Waals surface area contributed by atoms with Crippen LogP contribution >= 0.6 is 0 Å². The molecule has 0 aromatic heterocycles. The van der Waals surface area contributed by atoms with Gasteiger partial charge in [-0.3, -0.25) is 9.59 Å². The second-order valence-corrected chi connectivity index (χ2v) is 5.25. The maximum atomic E-state index is 12.3. The lowest BCUT2D eigenvalue weighted by atomic mass is 10.0. The molecule has 0 bridgehead atoms. The molecule has 108 valence electrons. The van der Waals surface area contributed by atoms with Crippen LogP contribution in [0.15, 0.2) is 18.2 Å². The number of nitrogens with one attached hydrogen (secondary N) is 1. The van der Waals surface area contributed by atoms with E-state index in [1.165, 1.54) is 0 Å². The van der Waals surface area contributed by atoms with Gasteiger partial charge in [0.2, 0.25) is 0 Å². The lowest BCUT2D eigenvalue weighted by molar-refractivity contribution is -0.129. The molecule has 0 atom stereocenters. The van der Waals surface area contributed by atoms with Gasteiger partial charge in [0, 0.05) is 18.7 Å². The van der Waals surface area contributed by atoms with Crippen molar-refractivity contribution in [2.24, 2.45) is 0 Å². The quantitative estimate of drug-likeness (QED) is 0.921. The van der Waals surface area contributed by atoms with E-state index in [0.717, 1.165) is 0 Å². The van der Waals surface area contributed by atoms with E-state index in [-0.39, 0.29) is 11.8 Å². The van der Waals surface area contributed by atoms with Gasteiger partial charge in [-0.25, -0.2) is 0 Å². The topological polar surface area (TPSA) is 58.6 Å². The monoisotopic (exact) mass is 276 g/mol. The minimum absolute atomic E-state index is 0.0446. The zero-order valence-corrected chi connectivity index (χ0v) is 12.3. The van der Waals surface area contributed by atoms with Gasteiger partial charge < -0.3 is 15.0 Å². The molecule has 0 radical (unpaired) electrons. The largest absolute Gasteiger partial charge is 0.476 e. The summed E-state index contributed by atoms with van der Waals surface area (Å²) in [5.74, 6) is 0.333. The third-order valence-electron chi connectivity index (χ3n) is 3.44. The minimum atomic E-state index is -0.891. The Labute approximate surface area is 118 Å². The molecule has 0 unspecified atom stereocenters. The number of fused-ring (bicyclic) bond motifs is 1. The molecule has 1 aromatic rings. The third-order valence-corrected chi connectivity index (χ3v) is 3.44. The molecular weight excluding hydrogens is 256 g/mol. The van der Waals surface area contributed by atoms with Crippen molar-refractivity contribution in [1.29, 1.82) is 0 Å². The fraction of sp³-hybridized carbons (Fsp3) is 0.467. The molecule has 2 rings (SSSR count). The average molecular weight is 276 g/mol. The summed E-state index contributed by atoms with van der Waals surface area (Å²) >= 11 is 0. The van der Waals surface area contributed by atoms with Gasteiger partial charge >= 0.3 is 0 Å². The molecule has 5 heteroatoms. The molecule has 0 aliphatic carbocycles. The van der Waals surface area contributed by atoms with E-state index in [0.29, 0.717) is 30.1 Å². The smallest absolute Gasteiger partial charge is 0.268 e. The molecule has 0 spiro atoms. The third kappa shape index (κ3) is 2.48. The van der Waals surface area contributed by atoms with E-state index in [4.69, 9.17) is 4.74 Å². The van der Waals surface area contributed by atoms with Gasteiger partial charge in [-0.05, 0) is 45.9 Å². The van der Waals surface area contributed by atoms with Crippen molar-refractivity contribution in [3.8, 4) is 5.75 Å². The molecule has 0 fully saturated rings. The number of benzene rings is 1. The van der Waals surface area contributed by atoms with E-state index in [9.17, 15) is 9.59 Å². The summed E-state index contributed by atoms with van der Waals surface area (Å²) in [6.45, 7) is 8.60. The summed E-state index contributed by atoms with van der Waals surface area (Å²) < 4.78 is 5.64. The van der Waals surface area contributed by atoms with Crippen molar-refractivity contribution in [3.63, 3.8) is 0 Å². The highest BCUT2D eigenvalue weighted by Crippen LogP contribution is 2.34. The minimum Gasteiger partial charge on any atom is -0.476 e. The SMILES string of the molecule is CCN(CC)C(=O)c1ccc2c(c1)NC(=O)C(C)(C)O2. The zero-order chi connectivity index (χ0) is 14.9. The fourth-order valence-electron chi connectivity index (χ4n) is 2.14. The number of carbonyl (C=O) groups is 2. The predicted octanol–water partition coefficient (Wildman–Crippen LogP) is 2.28. The molecule has 5 nitrogen and oxygen atoms in total. The maximum absolute atomic E-state index is 12.3. The van der Waals surface area contributed by atoms with Crippen LogP contribution in [0.1, 0.15) is 38.1 Å². The van der Waals surface area contributed by atoms with Gasteiger partial charge in [-0.15, -0.1) is 0 Å². The Bertz CT molecular complexity index is 548. The first-order chi connectivity index (χ1) is 9.39. The number of hydrogen-bond acceptors (Lipinski definition) is 3. The van der Waals surface area contributed by atoms with Gasteiger partial charge in [0.05, 0.1) is 5.69 Å². The number of anilines is 1. The van der Waals surface area contributed by atoms with E-state index in [2.05, 4.69) is 5.32 Å². The van der Waals surface area contributed by atoms with Crippen LogP contribution in [0.4, 0.5) is 5.69 Å². The molecule has 1 aromatic carbocycles. The second-order valence-electron chi connectivity index (χ2n) is 5.25. The molecule has 1 aliphatic rings. The van der Waals surface area contributed by atoms with Crippen LogP contribution < -0.4 is 10.1 Å². The van der Waals surface area contributed by atoms with E-state index in [1.807, 2.05) is 13.8 Å². The first-order valence-electron chi connectivity index (χ1n) is 6.82. The van der Waals surface area contributed by atoms with Crippen molar-refractivity contribution in [2.75, 3.05) is 18.4 Å². The summed E-state index contributed by atoms with van der Waals surface area (Å²) in [5, 5.41) is 2.79. The van der Waals surface area contributed by atoms with Crippen LogP contribution in [-0.2, 0) is 4.79 Å². The van der Waals surface area contributed by atoms with Crippen molar-refractivity contribution in [1.82, 2.24) is 4.90 Å². The Hall–Kier alpha value is -2.04. The lowest BCUT2D eigenvalue weighted by Crippen LogP contribution is -2.45. The van der Waals surface area contributed by atoms with Crippen molar-refractivity contribution < 1.29 is 14.3 Å². The van der Waals surface area contributed by atoms with Crippen LogP contribution in [0.5, 0.6) is 5.75 Å². The van der Waals surface area contributed by atoms with Crippen molar-refractivity contribution in [2.45, 2.75) is 33.3 Å². The molecule has 0 saturated heterocycles. The predicted molar refractivity (Wildman–Crippen MR) is 77.0 cm³/mol. The first-order valence-corrected chi connectivity index (χ1v) is 6.82. The molecule has 1 N–H and O–H groups in total. The van der Waals surface area contributed by atoms with Crippen molar-refractivity contribution in [3.05, 3.63) is 23.8 Å². The molecular formula is C15H20N2O3. The van der Waals surface area contributed by atoms with Gasteiger partial charge in [0.25, 0.3) is 11.8 Å². The first kappa shape index (κ1) is 14.4. The number of hydrogen-bond donors (Lipinski definition) is 1. The van der Waals surface area contributed by atoms with Gasteiger partial charge in [-0.2, -0.15) is 0 Å². The van der Waals surface area contributed by atoms with Crippen LogP contribution in [-0.4, -0.2) is 35.4 Å². The van der Waals surface area contributed by atoms with E-state index >= 15 is 0 Å². The number of rotatable bonds is 3. The van der Waals surface area contributed by atoms with Crippen LogP contribution in [0.25, 0.3) is 0 Å². The Morgan fingerprint density at radius 3 is 2.55 bits per heavy atom. The summed E-state index contributed by atoms with van der Waals surface area (Å²) in [6, 6.07) is 5.13. The van der Waals surface area contributed by atoms with Crippen LogP contribution in [0, 0.1) is 0 Å². The van der Waals surface area contributed by atoms with Gasteiger partial charge in [-0.1, -0.05) is 0 Å². The van der Waals surface area contributed by atoms with Gasteiger partial charge in [0.15, 0.2) is 5.60 Å². The highest BCUT2D eigenvalue weighted by atomic mass is 16.5. The molecule has 20 heavy (non-hydrogen) atoms. The van der Waals surface area contributed by atoms with Crippen LogP contribution in [0.3, 0.4) is 0 Å². The van der Waals surface area contributed by atoms with Gasteiger partial charge in [0.1, 0.15) is 5.75 Å². The zero-order valence-electron chi connectivity index (χ0n) is 12.3. The summed E-state index contributed by atoms with van der Waals surface area (Å²) in [6.07, 6.45) is 0. The van der Waals surface area contributed by atoms with E-state index < -0.39 is 5.60 Å². The number of amides is 2. The molecule has 1 aliphatic heterocycles. The maximum Gasteiger partial charge on any atom is 0.268 e. The van der Waals surface area contributed by atoms with E-state index in [1.54, 1.807) is 36.9 Å². The van der Waals surface area contributed by atoms with Crippen molar-refractivity contribution >= 4 is 17.5 Å². The fourth-order valence-corrected chi connectivity index (χ4v) is 2.14. The highest BCUT2D eigenvalue weighted by molar-refractivity contribution is 6.02.